The van der Waals surface area contributed by atoms with Crippen molar-refractivity contribution >= 4 is 29.0 Å². The van der Waals surface area contributed by atoms with Crippen LogP contribution in [0.1, 0.15) is 26.2 Å². The van der Waals surface area contributed by atoms with E-state index in [4.69, 9.17) is 0 Å². The smallest absolute Gasteiger partial charge is 0.235 e. The summed E-state index contributed by atoms with van der Waals surface area (Å²) in [5, 5.41) is 0. The van der Waals surface area contributed by atoms with E-state index in [0.717, 1.165) is 40.8 Å². The summed E-state index contributed by atoms with van der Waals surface area (Å²) in [4.78, 5) is 20.1. The molecule has 25 heavy (non-hydrogen) atoms. The lowest BCUT2D eigenvalue weighted by molar-refractivity contribution is -0.121. The lowest BCUT2D eigenvalue weighted by Crippen LogP contribution is -2.41. The van der Waals surface area contributed by atoms with Crippen LogP contribution in [0.2, 0.25) is 0 Å². The van der Waals surface area contributed by atoms with Crippen LogP contribution in [0.3, 0.4) is 0 Å². The highest BCUT2D eigenvalue weighted by Gasteiger charge is 2.31. The Labute approximate surface area is 154 Å². The largest absolute Gasteiger partial charge is 0.303 e. The van der Waals surface area contributed by atoms with E-state index in [0.29, 0.717) is 0 Å². The zero-order valence-electron chi connectivity index (χ0n) is 14.6. The van der Waals surface area contributed by atoms with Crippen LogP contribution in [0, 0.1) is 5.92 Å². The fourth-order valence-electron chi connectivity index (χ4n) is 3.77. The van der Waals surface area contributed by atoms with E-state index in [-0.39, 0.29) is 11.8 Å². The van der Waals surface area contributed by atoms with Crippen molar-refractivity contribution in [2.75, 3.05) is 24.5 Å². The number of rotatable bonds is 3. The molecule has 1 unspecified atom stereocenters. The minimum atomic E-state index is -0.0117. The second-order valence-electron chi connectivity index (χ2n) is 6.97. The van der Waals surface area contributed by atoms with E-state index in [2.05, 4.69) is 36.1 Å². The Bertz CT molecular complexity index is 724. The molecule has 130 valence electrons. The second-order valence-corrected chi connectivity index (χ2v) is 8.06. The number of hydrogen-bond acceptors (Lipinski definition) is 3. The molecule has 4 rings (SSSR count). The Hall–Kier alpha value is -1.78. The Morgan fingerprint density at radius 3 is 2.12 bits per heavy atom. The molecule has 0 N–H and O–H groups in total. The molecule has 1 fully saturated rings. The fourth-order valence-corrected chi connectivity index (χ4v) is 4.83. The molecule has 1 atom stereocenters. The van der Waals surface area contributed by atoms with Gasteiger partial charge in [-0.1, -0.05) is 49.4 Å². The first kappa shape index (κ1) is 16.7. The minimum Gasteiger partial charge on any atom is -0.303 e. The van der Waals surface area contributed by atoms with Crippen molar-refractivity contribution in [2.24, 2.45) is 5.92 Å². The van der Waals surface area contributed by atoms with Crippen LogP contribution in [-0.2, 0) is 4.79 Å². The summed E-state index contributed by atoms with van der Waals surface area (Å²) in [7, 11) is 0. The normalized spacial score (nSPS) is 18.4. The van der Waals surface area contributed by atoms with Gasteiger partial charge in [-0.3, -0.25) is 9.69 Å². The summed E-state index contributed by atoms with van der Waals surface area (Å²) in [6, 6.07) is 16.4. The number of piperidine rings is 1. The van der Waals surface area contributed by atoms with Gasteiger partial charge < -0.3 is 4.90 Å². The molecule has 2 aromatic carbocycles. The standard InChI is InChI=1S/C21H24N2OS/c1-16(15-22-13-7-2-8-14-22)21(24)23-17-9-3-5-11-19(17)25-20-12-6-4-10-18(20)23/h3-6,9-12,16H,2,7-8,13-15H2,1H3. The van der Waals surface area contributed by atoms with Crippen molar-refractivity contribution in [3.63, 3.8) is 0 Å². The molecule has 4 heteroatoms. The fraction of sp³-hybridized carbons (Fsp3) is 0.381. The van der Waals surface area contributed by atoms with Crippen molar-refractivity contribution in [3.8, 4) is 0 Å². The number of nitrogens with zero attached hydrogens (tertiary/aromatic N) is 2. The SMILES string of the molecule is CC(CN1CCCCC1)C(=O)N1c2ccccc2Sc2ccccc21. The summed E-state index contributed by atoms with van der Waals surface area (Å²) in [6.45, 7) is 5.18. The van der Waals surface area contributed by atoms with Crippen molar-refractivity contribution < 1.29 is 4.79 Å². The lowest BCUT2D eigenvalue weighted by Gasteiger charge is -2.34. The van der Waals surface area contributed by atoms with Crippen LogP contribution in [0.15, 0.2) is 58.3 Å². The number of amides is 1. The molecule has 2 aliphatic heterocycles. The van der Waals surface area contributed by atoms with Gasteiger partial charge in [-0.15, -0.1) is 0 Å². The van der Waals surface area contributed by atoms with Gasteiger partial charge in [0.1, 0.15) is 0 Å². The minimum absolute atomic E-state index is 0.0117. The van der Waals surface area contributed by atoms with Crippen LogP contribution >= 0.6 is 11.8 Å². The van der Waals surface area contributed by atoms with Gasteiger partial charge in [-0.2, -0.15) is 0 Å². The molecule has 2 aliphatic rings. The Morgan fingerprint density at radius 1 is 0.960 bits per heavy atom. The van der Waals surface area contributed by atoms with Gasteiger partial charge in [0.15, 0.2) is 0 Å². The van der Waals surface area contributed by atoms with Crippen molar-refractivity contribution in [1.29, 1.82) is 0 Å². The average Bonchev–Trinajstić information content (AvgIpc) is 2.66. The highest BCUT2D eigenvalue weighted by molar-refractivity contribution is 7.99. The van der Waals surface area contributed by atoms with Crippen LogP contribution < -0.4 is 4.90 Å². The van der Waals surface area contributed by atoms with Crippen LogP contribution in [0.4, 0.5) is 11.4 Å². The molecule has 2 heterocycles. The summed E-state index contributed by atoms with van der Waals surface area (Å²) >= 11 is 1.75. The van der Waals surface area contributed by atoms with E-state index in [9.17, 15) is 4.79 Å². The highest BCUT2D eigenvalue weighted by Crippen LogP contribution is 2.48. The topological polar surface area (TPSA) is 23.6 Å². The van der Waals surface area contributed by atoms with Gasteiger partial charge in [0, 0.05) is 22.3 Å². The Balaban J connectivity index is 1.63. The predicted molar refractivity (Wildman–Crippen MR) is 104 cm³/mol. The number of carbonyl (C=O) groups is 1. The average molecular weight is 353 g/mol. The molecular weight excluding hydrogens is 328 g/mol. The first-order valence-electron chi connectivity index (χ1n) is 9.16. The molecule has 2 aromatic rings. The Kier molecular flexibility index (Phi) is 4.82. The number of benzene rings is 2. The number of likely N-dealkylation sites (tertiary alicyclic amines) is 1. The maximum atomic E-state index is 13.4. The highest BCUT2D eigenvalue weighted by atomic mass is 32.2. The van der Waals surface area contributed by atoms with E-state index in [1.807, 2.05) is 29.2 Å². The first-order valence-corrected chi connectivity index (χ1v) is 9.98. The summed E-state index contributed by atoms with van der Waals surface area (Å²) in [5.41, 5.74) is 2.03. The monoisotopic (exact) mass is 352 g/mol. The number of hydrogen-bond donors (Lipinski definition) is 0. The van der Waals surface area contributed by atoms with Gasteiger partial charge in [-0.25, -0.2) is 0 Å². The van der Waals surface area contributed by atoms with Crippen LogP contribution in [-0.4, -0.2) is 30.4 Å². The van der Waals surface area contributed by atoms with Crippen LogP contribution in [0.25, 0.3) is 0 Å². The number of fused-ring (bicyclic) bond motifs is 2. The molecule has 0 aliphatic carbocycles. The maximum Gasteiger partial charge on any atom is 0.235 e. The molecule has 0 bridgehead atoms. The van der Waals surface area contributed by atoms with Gasteiger partial charge >= 0.3 is 0 Å². The molecule has 3 nitrogen and oxygen atoms in total. The first-order chi connectivity index (χ1) is 12.2. The van der Waals surface area contributed by atoms with E-state index < -0.39 is 0 Å². The number of para-hydroxylation sites is 2. The third-order valence-electron chi connectivity index (χ3n) is 5.05. The van der Waals surface area contributed by atoms with E-state index >= 15 is 0 Å². The van der Waals surface area contributed by atoms with Gasteiger partial charge in [0.25, 0.3) is 0 Å². The zero-order valence-corrected chi connectivity index (χ0v) is 15.5. The van der Waals surface area contributed by atoms with E-state index in [1.165, 1.54) is 19.3 Å². The Morgan fingerprint density at radius 2 is 1.52 bits per heavy atom. The molecule has 1 saturated heterocycles. The van der Waals surface area contributed by atoms with Gasteiger partial charge in [-0.05, 0) is 50.2 Å². The quantitative estimate of drug-likeness (QED) is 0.782. The predicted octanol–water partition coefficient (Wildman–Crippen LogP) is 4.94. The molecule has 0 aromatic heterocycles. The summed E-state index contributed by atoms with van der Waals surface area (Å²) < 4.78 is 0. The number of anilines is 2. The van der Waals surface area contributed by atoms with Crippen molar-refractivity contribution in [2.45, 2.75) is 36.0 Å². The summed E-state index contributed by atoms with van der Waals surface area (Å²) in [6.07, 6.45) is 3.84. The van der Waals surface area contributed by atoms with Gasteiger partial charge in [0.2, 0.25) is 5.91 Å². The zero-order chi connectivity index (χ0) is 17.2. The van der Waals surface area contributed by atoms with Crippen molar-refractivity contribution in [3.05, 3.63) is 48.5 Å². The molecule has 0 saturated carbocycles. The molecule has 1 amide bonds. The lowest BCUT2D eigenvalue weighted by atomic mass is 10.1. The number of carbonyl (C=O) groups excluding carboxylic acids is 1. The molecular formula is C21H24N2OS. The third kappa shape index (κ3) is 3.33. The maximum absolute atomic E-state index is 13.4. The molecule has 0 radical (unpaired) electrons. The van der Waals surface area contributed by atoms with Crippen LogP contribution in [0.5, 0.6) is 0 Å². The second kappa shape index (κ2) is 7.22. The van der Waals surface area contributed by atoms with Gasteiger partial charge in [0.05, 0.1) is 11.4 Å². The third-order valence-corrected chi connectivity index (χ3v) is 6.19. The summed E-state index contributed by atoms with van der Waals surface area (Å²) in [5.74, 6) is 0.188. The van der Waals surface area contributed by atoms with E-state index in [1.54, 1.807) is 11.8 Å². The van der Waals surface area contributed by atoms with Crippen molar-refractivity contribution in [1.82, 2.24) is 4.90 Å². The molecule has 0 spiro atoms.